The van der Waals surface area contributed by atoms with Crippen LogP contribution in [0.15, 0.2) is 18.5 Å². The van der Waals surface area contributed by atoms with E-state index in [9.17, 15) is 4.79 Å². The number of carbonyl (C=O) groups is 1. The summed E-state index contributed by atoms with van der Waals surface area (Å²) in [6.07, 6.45) is 8.33. The SMILES string of the molecule is CCn1ccnc1C(=O)c1cc2c(s1)CCCC2. The van der Waals surface area contributed by atoms with E-state index in [2.05, 4.69) is 11.1 Å². The van der Waals surface area contributed by atoms with Crippen molar-refractivity contribution >= 4 is 17.1 Å². The number of hydrogen-bond donors (Lipinski definition) is 0. The van der Waals surface area contributed by atoms with Crippen LogP contribution in [0.2, 0.25) is 0 Å². The van der Waals surface area contributed by atoms with E-state index in [1.54, 1.807) is 17.5 Å². The quantitative estimate of drug-likeness (QED) is 0.795. The Hall–Kier alpha value is -1.42. The van der Waals surface area contributed by atoms with Crippen molar-refractivity contribution in [3.8, 4) is 0 Å². The molecule has 1 aliphatic rings. The second kappa shape index (κ2) is 4.69. The van der Waals surface area contributed by atoms with E-state index in [0.29, 0.717) is 5.82 Å². The zero-order chi connectivity index (χ0) is 12.5. The first-order valence-corrected chi connectivity index (χ1v) is 7.28. The lowest BCUT2D eigenvalue weighted by atomic mass is 9.99. The molecule has 0 fully saturated rings. The van der Waals surface area contributed by atoms with E-state index in [4.69, 9.17) is 0 Å². The minimum atomic E-state index is 0.0706. The van der Waals surface area contributed by atoms with Crippen LogP contribution in [0.3, 0.4) is 0 Å². The third kappa shape index (κ3) is 1.90. The summed E-state index contributed by atoms with van der Waals surface area (Å²) < 4.78 is 1.90. The van der Waals surface area contributed by atoms with Crippen LogP contribution in [0, 0.1) is 0 Å². The number of carbonyl (C=O) groups excluding carboxylic acids is 1. The summed E-state index contributed by atoms with van der Waals surface area (Å²) in [7, 11) is 0. The second-order valence-corrected chi connectivity index (χ2v) is 5.77. The van der Waals surface area contributed by atoms with E-state index in [1.165, 1.54) is 23.3 Å². The maximum absolute atomic E-state index is 12.4. The molecule has 0 saturated carbocycles. The van der Waals surface area contributed by atoms with Crippen molar-refractivity contribution in [3.63, 3.8) is 0 Å². The van der Waals surface area contributed by atoms with E-state index in [-0.39, 0.29) is 5.78 Å². The minimum absolute atomic E-state index is 0.0706. The first-order valence-electron chi connectivity index (χ1n) is 6.47. The summed E-state index contributed by atoms with van der Waals surface area (Å²) in [5.74, 6) is 0.636. The van der Waals surface area contributed by atoms with Crippen LogP contribution in [0.5, 0.6) is 0 Å². The average molecular weight is 260 g/mol. The number of rotatable bonds is 3. The number of ketones is 1. The molecule has 0 bridgehead atoms. The number of nitrogens with zero attached hydrogens (tertiary/aromatic N) is 2. The van der Waals surface area contributed by atoms with Crippen LogP contribution in [-0.4, -0.2) is 15.3 Å². The first kappa shape index (κ1) is 11.7. The van der Waals surface area contributed by atoms with E-state index in [1.807, 2.05) is 17.7 Å². The van der Waals surface area contributed by atoms with Crippen molar-refractivity contribution in [2.24, 2.45) is 0 Å². The highest BCUT2D eigenvalue weighted by molar-refractivity contribution is 7.14. The smallest absolute Gasteiger partial charge is 0.238 e. The zero-order valence-electron chi connectivity index (χ0n) is 10.5. The summed E-state index contributed by atoms with van der Waals surface area (Å²) in [4.78, 5) is 18.9. The van der Waals surface area contributed by atoms with Crippen molar-refractivity contribution in [1.82, 2.24) is 9.55 Å². The standard InChI is InChI=1S/C14H16N2OS/c1-2-16-8-7-15-14(16)13(17)12-9-10-5-3-4-6-11(10)18-12/h7-9H,2-6H2,1H3. The van der Waals surface area contributed by atoms with Gasteiger partial charge in [-0.1, -0.05) is 0 Å². The second-order valence-electron chi connectivity index (χ2n) is 4.63. The molecular weight excluding hydrogens is 244 g/mol. The highest BCUT2D eigenvalue weighted by atomic mass is 32.1. The Bertz CT molecular complexity index is 559. The van der Waals surface area contributed by atoms with Gasteiger partial charge in [0.05, 0.1) is 4.88 Å². The Kier molecular flexibility index (Phi) is 3.04. The molecule has 94 valence electrons. The molecule has 0 atom stereocenters. The summed E-state index contributed by atoms with van der Waals surface area (Å²) >= 11 is 1.66. The van der Waals surface area contributed by atoms with E-state index < -0.39 is 0 Å². The van der Waals surface area contributed by atoms with Gasteiger partial charge in [-0.15, -0.1) is 11.3 Å². The Labute approximate surface area is 110 Å². The topological polar surface area (TPSA) is 34.9 Å². The number of imidazole rings is 1. The molecule has 2 aromatic heterocycles. The number of fused-ring (bicyclic) bond motifs is 1. The van der Waals surface area contributed by atoms with Crippen molar-refractivity contribution in [2.45, 2.75) is 39.2 Å². The molecule has 0 spiro atoms. The van der Waals surface area contributed by atoms with Crippen LogP contribution in [0.4, 0.5) is 0 Å². The maximum atomic E-state index is 12.4. The fourth-order valence-corrected chi connectivity index (χ4v) is 3.68. The third-order valence-corrected chi connectivity index (χ3v) is 4.72. The predicted octanol–water partition coefficient (Wildman–Crippen LogP) is 3.07. The van der Waals surface area contributed by atoms with Crippen molar-refractivity contribution in [1.29, 1.82) is 0 Å². The zero-order valence-corrected chi connectivity index (χ0v) is 11.3. The molecule has 3 rings (SSSR count). The molecule has 0 aromatic carbocycles. The Morgan fingerprint density at radius 2 is 2.28 bits per heavy atom. The highest BCUT2D eigenvalue weighted by Gasteiger charge is 2.20. The first-order chi connectivity index (χ1) is 8.79. The molecule has 3 nitrogen and oxygen atoms in total. The van der Waals surface area contributed by atoms with Gasteiger partial charge in [0.15, 0.2) is 5.82 Å². The average Bonchev–Trinajstić information content (AvgIpc) is 3.03. The van der Waals surface area contributed by atoms with Crippen LogP contribution in [-0.2, 0) is 19.4 Å². The van der Waals surface area contributed by atoms with Crippen LogP contribution < -0.4 is 0 Å². The lowest BCUT2D eigenvalue weighted by molar-refractivity contribution is 0.102. The molecule has 2 aromatic rings. The van der Waals surface area contributed by atoms with Gasteiger partial charge in [0.25, 0.3) is 0 Å². The summed E-state index contributed by atoms with van der Waals surface area (Å²) in [6, 6.07) is 2.08. The predicted molar refractivity (Wildman–Crippen MR) is 72.3 cm³/mol. The van der Waals surface area contributed by atoms with Gasteiger partial charge in [-0.25, -0.2) is 4.98 Å². The Morgan fingerprint density at radius 3 is 3.06 bits per heavy atom. The van der Waals surface area contributed by atoms with Gasteiger partial charge in [-0.05, 0) is 44.2 Å². The van der Waals surface area contributed by atoms with Crippen molar-refractivity contribution < 1.29 is 4.79 Å². The van der Waals surface area contributed by atoms with Crippen molar-refractivity contribution in [2.75, 3.05) is 0 Å². The van der Waals surface area contributed by atoms with Gasteiger partial charge >= 0.3 is 0 Å². The van der Waals surface area contributed by atoms with Gasteiger partial charge in [0, 0.05) is 23.8 Å². The molecule has 0 aliphatic heterocycles. The summed E-state index contributed by atoms with van der Waals surface area (Å²) in [6.45, 7) is 2.81. The highest BCUT2D eigenvalue weighted by Crippen LogP contribution is 2.30. The molecule has 2 heterocycles. The third-order valence-electron chi connectivity index (χ3n) is 3.48. The number of aryl methyl sites for hydroxylation is 3. The lowest BCUT2D eigenvalue weighted by Gasteiger charge is -2.08. The number of aromatic nitrogens is 2. The van der Waals surface area contributed by atoms with Gasteiger partial charge in [-0.2, -0.15) is 0 Å². The number of thiophene rings is 1. The van der Waals surface area contributed by atoms with Gasteiger partial charge in [-0.3, -0.25) is 4.79 Å². The molecular formula is C14H16N2OS. The van der Waals surface area contributed by atoms with Gasteiger partial charge < -0.3 is 4.57 Å². The molecule has 4 heteroatoms. The summed E-state index contributed by atoms with van der Waals surface area (Å²) in [5.41, 5.74) is 1.38. The normalized spacial score (nSPS) is 14.5. The van der Waals surface area contributed by atoms with Crippen LogP contribution >= 0.6 is 11.3 Å². The maximum Gasteiger partial charge on any atom is 0.238 e. The lowest BCUT2D eigenvalue weighted by Crippen LogP contribution is -2.09. The molecule has 0 saturated heterocycles. The molecule has 1 aliphatic carbocycles. The largest absolute Gasteiger partial charge is 0.328 e. The molecule has 0 unspecified atom stereocenters. The number of hydrogen-bond acceptors (Lipinski definition) is 3. The fraction of sp³-hybridized carbons (Fsp3) is 0.429. The monoisotopic (exact) mass is 260 g/mol. The summed E-state index contributed by atoms with van der Waals surface area (Å²) in [5, 5.41) is 0. The Morgan fingerprint density at radius 1 is 1.44 bits per heavy atom. The van der Waals surface area contributed by atoms with Crippen molar-refractivity contribution in [3.05, 3.63) is 39.6 Å². The Balaban J connectivity index is 1.95. The molecule has 18 heavy (non-hydrogen) atoms. The van der Waals surface area contributed by atoms with Gasteiger partial charge in [0.2, 0.25) is 5.78 Å². The minimum Gasteiger partial charge on any atom is -0.328 e. The fourth-order valence-electron chi connectivity index (χ4n) is 2.49. The molecule has 0 radical (unpaired) electrons. The van der Waals surface area contributed by atoms with Crippen LogP contribution in [0.25, 0.3) is 0 Å². The molecule has 0 amide bonds. The molecule has 0 N–H and O–H groups in total. The van der Waals surface area contributed by atoms with E-state index in [0.717, 1.165) is 24.3 Å². The van der Waals surface area contributed by atoms with Crippen LogP contribution in [0.1, 0.15) is 45.7 Å². The van der Waals surface area contributed by atoms with Gasteiger partial charge in [0.1, 0.15) is 0 Å². The van der Waals surface area contributed by atoms with E-state index >= 15 is 0 Å².